The predicted octanol–water partition coefficient (Wildman–Crippen LogP) is -0.0356. The van der Waals surface area contributed by atoms with Crippen LogP contribution in [0.2, 0.25) is 0 Å². The fourth-order valence-corrected chi connectivity index (χ4v) is 1.71. The third-order valence-corrected chi connectivity index (χ3v) is 2.61. The summed E-state index contributed by atoms with van der Waals surface area (Å²) in [5.41, 5.74) is -1.51. The zero-order chi connectivity index (χ0) is 10.9. The fourth-order valence-electron chi connectivity index (χ4n) is 1.71. The van der Waals surface area contributed by atoms with Crippen molar-refractivity contribution in [2.75, 3.05) is 6.54 Å². The molecule has 1 rings (SSSR count). The molecule has 0 aliphatic carbocycles. The molecular weight excluding hydrogens is 190 g/mol. The number of aliphatic hydroxyl groups excluding tert-OH is 1. The summed E-state index contributed by atoms with van der Waals surface area (Å²) >= 11 is 0. The lowest BCUT2D eigenvalue weighted by Gasteiger charge is -2.41. The lowest BCUT2D eigenvalue weighted by molar-refractivity contribution is -0.154. The fraction of sp³-hybridized carbons (Fsp3) is 0.750. The van der Waals surface area contributed by atoms with Crippen molar-refractivity contribution < 1.29 is 24.9 Å². The Morgan fingerprint density at radius 2 is 2.00 bits per heavy atom. The van der Waals surface area contributed by atoms with Gasteiger partial charge in [0.2, 0.25) is 0 Å². The summed E-state index contributed by atoms with van der Waals surface area (Å²) in [6.45, 7) is 1.37. The van der Waals surface area contributed by atoms with Crippen LogP contribution >= 0.6 is 0 Å². The number of likely N-dealkylation sites (tertiary alicyclic amines) is 1. The van der Waals surface area contributed by atoms with Gasteiger partial charge in [0.15, 0.2) is 0 Å². The highest BCUT2D eigenvalue weighted by molar-refractivity contribution is 5.83. The number of aliphatic hydroxyl groups is 1. The normalized spacial score (nSPS) is 32.7. The smallest absolute Gasteiger partial charge is 0.408 e. The Bertz CT molecular complexity index is 266. The molecule has 1 fully saturated rings. The van der Waals surface area contributed by atoms with Gasteiger partial charge in [-0.2, -0.15) is 0 Å². The minimum absolute atomic E-state index is 0.0549. The Morgan fingerprint density at radius 1 is 1.43 bits per heavy atom. The molecule has 0 radical (unpaired) electrons. The number of aliphatic carboxylic acids is 1. The standard InChI is InChI=1S/C8H13NO5/c1-8(6(11)12)4-5(10)2-3-9(8)7(13)14/h5,10H,2-4H2,1H3,(H,11,12)(H,13,14)/t5-,8-/m1/s1. The highest BCUT2D eigenvalue weighted by Gasteiger charge is 2.46. The highest BCUT2D eigenvalue weighted by Crippen LogP contribution is 2.28. The molecule has 0 bridgehead atoms. The molecule has 0 aromatic heterocycles. The van der Waals surface area contributed by atoms with E-state index in [4.69, 9.17) is 10.2 Å². The molecule has 1 saturated heterocycles. The summed E-state index contributed by atoms with van der Waals surface area (Å²) in [6, 6.07) is 0. The number of hydrogen-bond acceptors (Lipinski definition) is 3. The molecule has 80 valence electrons. The summed E-state index contributed by atoms with van der Waals surface area (Å²) in [5.74, 6) is -1.22. The number of nitrogens with zero attached hydrogens (tertiary/aromatic N) is 1. The van der Waals surface area contributed by atoms with Gasteiger partial charge in [-0.05, 0) is 13.3 Å². The zero-order valence-corrected chi connectivity index (χ0v) is 7.80. The Morgan fingerprint density at radius 3 is 2.43 bits per heavy atom. The molecule has 14 heavy (non-hydrogen) atoms. The minimum Gasteiger partial charge on any atom is -0.480 e. The average Bonchev–Trinajstić information content (AvgIpc) is 2.02. The van der Waals surface area contributed by atoms with E-state index in [0.717, 1.165) is 4.90 Å². The first-order chi connectivity index (χ1) is 6.38. The van der Waals surface area contributed by atoms with Gasteiger partial charge >= 0.3 is 12.1 Å². The SMILES string of the molecule is C[C@]1(C(=O)O)C[C@H](O)CCN1C(=O)O. The summed E-state index contributed by atoms with van der Waals surface area (Å²) in [5, 5.41) is 27.0. The van der Waals surface area contributed by atoms with Crippen molar-refractivity contribution in [2.24, 2.45) is 0 Å². The largest absolute Gasteiger partial charge is 0.480 e. The maximum absolute atomic E-state index is 10.9. The van der Waals surface area contributed by atoms with Crippen molar-refractivity contribution in [1.29, 1.82) is 0 Å². The van der Waals surface area contributed by atoms with Crippen molar-refractivity contribution in [3.05, 3.63) is 0 Å². The van der Waals surface area contributed by atoms with Crippen molar-refractivity contribution in [1.82, 2.24) is 4.90 Å². The van der Waals surface area contributed by atoms with E-state index in [1.807, 2.05) is 0 Å². The van der Waals surface area contributed by atoms with Crippen LogP contribution in [-0.2, 0) is 4.79 Å². The van der Waals surface area contributed by atoms with E-state index in [-0.39, 0.29) is 19.4 Å². The van der Waals surface area contributed by atoms with Crippen LogP contribution in [0.5, 0.6) is 0 Å². The molecule has 6 nitrogen and oxygen atoms in total. The quantitative estimate of drug-likeness (QED) is 0.555. The van der Waals surface area contributed by atoms with Crippen LogP contribution in [0.4, 0.5) is 4.79 Å². The van der Waals surface area contributed by atoms with Gasteiger partial charge in [0.1, 0.15) is 5.54 Å². The minimum atomic E-state index is -1.51. The van der Waals surface area contributed by atoms with E-state index in [2.05, 4.69) is 0 Å². The third kappa shape index (κ3) is 1.65. The van der Waals surface area contributed by atoms with Gasteiger partial charge < -0.3 is 15.3 Å². The van der Waals surface area contributed by atoms with E-state index >= 15 is 0 Å². The first-order valence-electron chi connectivity index (χ1n) is 4.30. The number of carboxylic acid groups (broad SMARTS) is 2. The highest BCUT2D eigenvalue weighted by atomic mass is 16.4. The van der Waals surface area contributed by atoms with Crippen molar-refractivity contribution in [3.63, 3.8) is 0 Å². The van der Waals surface area contributed by atoms with Crippen LogP contribution in [0.25, 0.3) is 0 Å². The molecule has 0 saturated carbocycles. The molecular formula is C8H13NO5. The van der Waals surface area contributed by atoms with Gasteiger partial charge in [0.05, 0.1) is 6.10 Å². The molecule has 1 heterocycles. The molecule has 0 aromatic rings. The van der Waals surface area contributed by atoms with Crippen LogP contribution in [-0.4, -0.2) is 50.5 Å². The van der Waals surface area contributed by atoms with Crippen LogP contribution in [0.15, 0.2) is 0 Å². The van der Waals surface area contributed by atoms with E-state index < -0.39 is 23.7 Å². The summed E-state index contributed by atoms with van der Waals surface area (Å²) < 4.78 is 0. The first kappa shape index (κ1) is 10.8. The van der Waals surface area contributed by atoms with E-state index in [1.165, 1.54) is 6.92 Å². The van der Waals surface area contributed by atoms with Gasteiger partial charge in [-0.15, -0.1) is 0 Å². The number of carboxylic acids is 1. The van der Waals surface area contributed by atoms with Crippen LogP contribution in [0.1, 0.15) is 19.8 Å². The number of carbonyl (C=O) groups is 2. The van der Waals surface area contributed by atoms with E-state index in [1.54, 1.807) is 0 Å². The predicted molar refractivity (Wildman–Crippen MR) is 46.0 cm³/mol. The molecule has 2 atom stereocenters. The van der Waals surface area contributed by atoms with Gasteiger partial charge in [-0.25, -0.2) is 9.59 Å². The second-order valence-corrected chi connectivity index (χ2v) is 3.66. The summed E-state index contributed by atoms with van der Waals surface area (Å²) in [7, 11) is 0. The molecule has 0 aromatic carbocycles. The van der Waals surface area contributed by atoms with Gasteiger partial charge in [-0.1, -0.05) is 0 Å². The van der Waals surface area contributed by atoms with Crippen LogP contribution < -0.4 is 0 Å². The number of amides is 1. The second-order valence-electron chi connectivity index (χ2n) is 3.66. The van der Waals surface area contributed by atoms with Gasteiger partial charge in [0.25, 0.3) is 0 Å². The van der Waals surface area contributed by atoms with Crippen LogP contribution in [0.3, 0.4) is 0 Å². The lowest BCUT2D eigenvalue weighted by atomic mass is 9.87. The summed E-state index contributed by atoms with van der Waals surface area (Å²) in [6.07, 6.45) is -1.78. The average molecular weight is 203 g/mol. The van der Waals surface area contributed by atoms with Crippen molar-refractivity contribution in [2.45, 2.75) is 31.4 Å². The number of rotatable bonds is 1. The molecule has 0 unspecified atom stereocenters. The lowest BCUT2D eigenvalue weighted by Crippen LogP contribution is -2.59. The number of hydrogen-bond donors (Lipinski definition) is 3. The monoisotopic (exact) mass is 203 g/mol. The molecule has 1 aliphatic heterocycles. The Balaban J connectivity index is 2.94. The topological polar surface area (TPSA) is 98.1 Å². The maximum atomic E-state index is 10.9. The molecule has 1 aliphatic rings. The number of piperidine rings is 1. The molecule has 0 spiro atoms. The molecule has 3 N–H and O–H groups in total. The summed E-state index contributed by atoms with van der Waals surface area (Å²) in [4.78, 5) is 22.5. The van der Waals surface area contributed by atoms with E-state index in [9.17, 15) is 14.7 Å². The van der Waals surface area contributed by atoms with Gasteiger partial charge in [0, 0.05) is 13.0 Å². The van der Waals surface area contributed by atoms with Crippen molar-refractivity contribution >= 4 is 12.1 Å². The second kappa shape index (κ2) is 3.45. The Kier molecular flexibility index (Phi) is 2.66. The Labute approximate surface area is 80.8 Å². The van der Waals surface area contributed by atoms with Gasteiger partial charge in [-0.3, -0.25) is 4.90 Å². The molecule has 1 amide bonds. The Hall–Kier alpha value is -1.30. The van der Waals surface area contributed by atoms with Crippen molar-refractivity contribution in [3.8, 4) is 0 Å². The third-order valence-electron chi connectivity index (χ3n) is 2.61. The van der Waals surface area contributed by atoms with E-state index in [0.29, 0.717) is 0 Å². The zero-order valence-electron chi connectivity index (χ0n) is 7.80. The maximum Gasteiger partial charge on any atom is 0.408 e. The molecule has 6 heteroatoms. The van der Waals surface area contributed by atoms with Crippen LogP contribution in [0, 0.1) is 0 Å². The first-order valence-corrected chi connectivity index (χ1v) is 4.30.